The third-order valence-corrected chi connectivity index (χ3v) is 3.89. The summed E-state index contributed by atoms with van der Waals surface area (Å²) in [7, 11) is 3.94. The molecule has 0 aliphatic heterocycles. The molecule has 2 aromatic rings. The van der Waals surface area contributed by atoms with Gasteiger partial charge in [0.15, 0.2) is 0 Å². The van der Waals surface area contributed by atoms with Crippen LogP contribution in [0.3, 0.4) is 0 Å². The van der Waals surface area contributed by atoms with Crippen molar-refractivity contribution < 1.29 is 4.79 Å². The molecule has 1 aromatic carbocycles. The summed E-state index contributed by atoms with van der Waals surface area (Å²) in [6.45, 7) is 1.32. The Labute approximate surface area is 129 Å². The number of benzene rings is 1. The lowest BCUT2D eigenvalue weighted by Crippen LogP contribution is -2.21. The van der Waals surface area contributed by atoms with Gasteiger partial charge in [-0.05, 0) is 36.7 Å². The number of carbonyl (C=O) groups is 1. The van der Waals surface area contributed by atoms with E-state index in [2.05, 4.69) is 41.0 Å². The molecule has 0 radical (unpaired) electrons. The van der Waals surface area contributed by atoms with Gasteiger partial charge in [0.1, 0.15) is 0 Å². The predicted octanol–water partition coefficient (Wildman–Crippen LogP) is 3.15. The molecule has 1 aromatic heterocycles. The zero-order valence-electron chi connectivity index (χ0n) is 12.4. The van der Waals surface area contributed by atoms with Crippen LogP contribution in [-0.2, 0) is 11.3 Å². The first-order valence-electron chi connectivity index (χ1n) is 6.87. The summed E-state index contributed by atoms with van der Waals surface area (Å²) < 4.78 is 0. The van der Waals surface area contributed by atoms with E-state index in [0.29, 0.717) is 6.54 Å². The van der Waals surface area contributed by atoms with Gasteiger partial charge in [0.2, 0.25) is 5.91 Å². The van der Waals surface area contributed by atoms with Crippen molar-refractivity contribution in [3.63, 3.8) is 0 Å². The molecule has 0 atom stereocenters. The van der Waals surface area contributed by atoms with E-state index in [4.69, 9.17) is 0 Å². The van der Waals surface area contributed by atoms with Crippen molar-refractivity contribution in [2.45, 2.75) is 6.54 Å². The van der Waals surface area contributed by atoms with Crippen LogP contribution >= 0.6 is 11.3 Å². The lowest BCUT2D eigenvalue weighted by Gasteiger charge is -2.05. The number of amides is 1. The third-order valence-electron chi connectivity index (χ3n) is 2.97. The molecule has 0 saturated heterocycles. The maximum Gasteiger partial charge on any atom is 0.243 e. The fraction of sp³-hybridized carbons (Fsp3) is 0.235. The largest absolute Gasteiger partial charge is 0.348 e. The van der Waals surface area contributed by atoms with E-state index >= 15 is 0 Å². The van der Waals surface area contributed by atoms with Crippen LogP contribution in [0.1, 0.15) is 5.56 Å². The quantitative estimate of drug-likeness (QED) is 0.831. The fourth-order valence-electron chi connectivity index (χ4n) is 1.85. The molecule has 0 saturated carbocycles. The third kappa shape index (κ3) is 5.17. The normalized spacial score (nSPS) is 11.2. The Morgan fingerprint density at radius 3 is 2.62 bits per heavy atom. The minimum atomic E-state index is -0.0563. The molecule has 1 heterocycles. The molecule has 0 spiro atoms. The number of carbonyl (C=O) groups excluding carboxylic acids is 1. The van der Waals surface area contributed by atoms with E-state index in [1.54, 1.807) is 17.4 Å². The smallest absolute Gasteiger partial charge is 0.243 e. The number of rotatable bonds is 6. The van der Waals surface area contributed by atoms with Gasteiger partial charge in [-0.2, -0.15) is 0 Å². The first-order chi connectivity index (χ1) is 10.1. The lowest BCUT2D eigenvalue weighted by atomic mass is 10.1. The van der Waals surface area contributed by atoms with Gasteiger partial charge in [-0.3, -0.25) is 4.79 Å². The van der Waals surface area contributed by atoms with E-state index in [1.165, 1.54) is 10.4 Å². The number of hydrogen-bond donors (Lipinski definition) is 1. The summed E-state index contributed by atoms with van der Waals surface area (Å²) >= 11 is 1.73. The van der Waals surface area contributed by atoms with E-state index in [-0.39, 0.29) is 5.91 Å². The molecule has 1 N–H and O–H groups in total. The van der Waals surface area contributed by atoms with E-state index in [9.17, 15) is 4.79 Å². The van der Waals surface area contributed by atoms with Gasteiger partial charge in [0.05, 0.1) is 0 Å². The Morgan fingerprint density at radius 1 is 1.24 bits per heavy atom. The van der Waals surface area contributed by atoms with Gasteiger partial charge in [-0.1, -0.05) is 36.4 Å². The average Bonchev–Trinajstić information content (AvgIpc) is 2.99. The van der Waals surface area contributed by atoms with Gasteiger partial charge < -0.3 is 10.2 Å². The second-order valence-electron chi connectivity index (χ2n) is 5.06. The molecule has 21 heavy (non-hydrogen) atoms. The molecular weight excluding hydrogens is 280 g/mol. The molecule has 0 bridgehead atoms. The van der Waals surface area contributed by atoms with Crippen LogP contribution in [0.15, 0.2) is 53.9 Å². The van der Waals surface area contributed by atoms with Crippen molar-refractivity contribution in [3.8, 4) is 10.4 Å². The van der Waals surface area contributed by atoms with Crippen molar-refractivity contribution in [2.75, 3.05) is 20.6 Å². The highest BCUT2D eigenvalue weighted by Crippen LogP contribution is 2.24. The van der Waals surface area contributed by atoms with Gasteiger partial charge in [0, 0.05) is 24.0 Å². The summed E-state index contributed by atoms with van der Waals surface area (Å²) in [5.74, 6) is -0.0563. The summed E-state index contributed by atoms with van der Waals surface area (Å²) in [5, 5.41) is 4.96. The van der Waals surface area contributed by atoms with Gasteiger partial charge >= 0.3 is 0 Å². The van der Waals surface area contributed by atoms with Gasteiger partial charge in [-0.25, -0.2) is 0 Å². The summed E-state index contributed by atoms with van der Waals surface area (Å²) in [4.78, 5) is 14.9. The Hall–Kier alpha value is -1.91. The predicted molar refractivity (Wildman–Crippen MR) is 89.3 cm³/mol. The number of likely N-dealkylation sites (N-methyl/N-ethyl adjacent to an activating group) is 1. The molecule has 0 fully saturated rings. The molecule has 3 nitrogen and oxygen atoms in total. The van der Waals surface area contributed by atoms with Crippen LogP contribution in [0.2, 0.25) is 0 Å². The standard InChI is InChI=1S/C17H20N2OS/c1-19(2)11-3-6-17(20)18-13-14-7-9-15(10-8-14)16-5-4-12-21-16/h3-10,12H,11,13H2,1-2H3,(H,18,20)/b6-3+. The Morgan fingerprint density at radius 2 is 2.00 bits per heavy atom. The Balaban J connectivity index is 1.84. The van der Waals surface area contributed by atoms with Crippen LogP contribution in [0, 0.1) is 0 Å². The number of nitrogens with one attached hydrogen (secondary N) is 1. The Kier molecular flexibility index (Phi) is 5.72. The van der Waals surface area contributed by atoms with Crippen molar-refractivity contribution in [2.24, 2.45) is 0 Å². The molecule has 4 heteroatoms. The van der Waals surface area contributed by atoms with Crippen LogP contribution in [0.25, 0.3) is 10.4 Å². The number of nitrogens with zero attached hydrogens (tertiary/aromatic N) is 1. The molecule has 2 rings (SSSR count). The number of hydrogen-bond acceptors (Lipinski definition) is 3. The SMILES string of the molecule is CN(C)C/C=C/C(=O)NCc1ccc(-c2cccs2)cc1. The van der Waals surface area contributed by atoms with Crippen molar-refractivity contribution in [1.82, 2.24) is 10.2 Å². The van der Waals surface area contributed by atoms with E-state index < -0.39 is 0 Å². The number of thiophene rings is 1. The molecule has 1 amide bonds. The second kappa shape index (κ2) is 7.76. The van der Waals surface area contributed by atoms with Crippen LogP contribution in [-0.4, -0.2) is 31.4 Å². The van der Waals surface area contributed by atoms with Crippen LogP contribution < -0.4 is 5.32 Å². The monoisotopic (exact) mass is 300 g/mol. The minimum Gasteiger partial charge on any atom is -0.348 e. The van der Waals surface area contributed by atoms with Crippen molar-refractivity contribution in [1.29, 1.82) is 0 Å². The molecule has 110 valence electrons. The zero-order valence-corrected chi connectivity index (χ0v) is 13.2. The van der Waals surface area contributed by atoms with Crippen molar-refractivity contribution in [3.05, 3.63) is 59.5 Å². The highest BCUT2D eigenvalue weighted by molar-refractivity contribution is 7.13. The summed E-state index contributed by atoms with van der Waals surface area (Å²) in [5.41, 5.74) is 2.32. The van der Waals surface area contributed by atoms with Gasteiger partial charge in [-0.15, -0.1) is 11.3 Å². The topological polar surface area (TPSA) is 32.3 Å². The lowest BCUT2D eigenvalue weighted by molar-refractivity contribution is -0.116. The second-order valence-corrected chi connectivity index (χ2v) is 6.00. The first kappa shape index (κ1) is 15.5. The zero-order chi connectivity index (χ0) is 15.1. The molecule has 0 aliphatic carbocycles. The molecule has 0 unspecified atom stereocenters. The van der Waals surface area contributed by atoms with Gasteiger partial charge in [0.25, 0.3) is 0 Å². The average molecular weight is 300 g/mol. The summed E-state index contributed by atoms with van der Waals surface area (Å²) in [6.07, 6.45) is 3.44. The maximum absolute atomic E-state index is 11.6. The molecular formula is C17H20N2OS. The first-order valence-corrected chi connectivity index (χ1v) is 7.75. The van der Waals surface area contributed by atoms with Crippen LogP contribution in [0.5, 0.6) is 0 Å². The fourth-order valence-corrected chi connectivity index (χ4v) is 2.58. The van der Waals surface area contributed by atoms with E-state index in [0.717, 1.165) is 12.1 Å². The Bertz CT molecular complexity index is 586. The minimum absolute atomic E-state index is 0.0563. The molecule has 0 aliphatic rings. The maximum atomic E-state index is 11.6. The highest BCUT2D eigenvalue weighted by atomic mass is 32.1. The van der Waals surface area contributed by atoms with Crippen LogP contribution in [0.4, 0.5) is 0 Å². The van der Waals surface area contributed by atoms with E-state index in [1.807, 2.05) is 31.1 Å². The highest BCUT2D eigenvalue weighted by Gasteiger charge is 2.00. The summed E-state index contributed by atoms with van der Waals surface area (Å²) in [6, 6.07) is 12.5. The van der Waals surface area contributed by atoms with Crippen molar-refractivity contribution >= 4 is 17.2 Å².